The molecule has 1 nitrogen and oxygen atoms in total. The number of hydrogen-bond donors (Lipinski definition) is 1. The Morgan fingerprint density at radius 2 is 1.71 bits per heavy atom. The summed E-state index contributed by atoms with van der Waals surface area (Å²) >= 11 is 12.0. The minimum atomic E-state index is -0.315. The summed E-state index contributed by atoms with van der Waals surface area (Å²) in [5.41, 5.74) is 2.12. The van der Waals surface area contributed by atoms with E-state index in [0.717, 1.165) is 17.0 Å². The molecule has 0 radical (unpaired) electrons. The molecule has 0 aliphatic rings. The zero-order chi connectivity index (χ0) is 15.4. The van der Waals surface area contributed by atoms with Crippen LogP contribution in [-0.4, -0.2) is 6.04 Å². The number of rotatable bonds is 5. The summed E-state index contributed by atoms with van der Waals surface area (Å²) in [6.07, 6.45) is 0.889. The van der Waals surface area contributed by atoms with Gasteiger partial charge in [0.15, 0.2) is 0 Å². The fourth-order valence-electron chi connectivity index (χ4n) is 2.40. The van der Waals surface area contributed by atoms with Gasteiger partial charge < -0.3 is 5.32 Å². The number of benzene rings is 2. The molecule has 0 heterocycles. The summed E-state index contributed by atoms with van der Waals surface area (Å²) in [5.74, 6) is -0.315. The van der Waals surface area contributed by atoms with E-state index in [4.69, 9.17) is 23.2 Å². The van der Waals surface area contributed by atoms with E-state index in [-0.39, 0.29) is 17.9 Å². The zero-order valence-electron chi connectivity index (χ0n) is 12.0. The molecule has 0 bridgehead atoms. The molecule has 2 rings (SSSR count). The van der Waals surface area contributed by atoms with Gasteiger partial charge >= 0.3 is 0 Å². The van der Waals surface area contributed by atoms with Gasteiger partial charge in [-0.3, -0.25) is 0 Å². The molecule has 4 heteroatoms. The molecule has 1 N–H and O–H groups in total. The van der Waals surface area contributed by atoms with Crippen molar-refractivity contribution in [3.8, 4) is 0 Å². The van der Waals surface area contributed by atoms with Crippen LogP contribution in [0.4, 0.5) is 4.39 Å². The Morgan fingerprint density at radius 1 is 1.05 bits per heavy atom. The van der Waals surface area contributed by atoms with E-state index in [1.807, 2.05) is 31.2 Å². The van der Waals surface area contributed by atoms with E-state index in [9.17, 15) is 4.39 Å². The van der Waals surface area contributed by atoms with Crippen molar-refractivity contribution in [3.05, 3.63) is 69.5 Å². The average Bonchev–Trinajstić information content (AvgIpc) is 2.41. The molecular weight excluding hydrogens is 308 g/mol. The maximum Gasteiger partial charge on any atom is 0.124 e. The van der Waals surface area contributed by atoms with Crippen LogP contribution in [-0.2, 0) is 6.42 Å². The lowest BCUT2D eigenvalue weighted by molar-refractivity contribution is 0.476. The second kappa shape index (κ2) is 7.26. The average molecular weight is 326 g/mol. The van der Waals surface area contributed by atoms with Crippen molar-refractivity contribution in [1.29, 1.82) is 0 Å². The first-order valence-corrected chi connectivity index (χ1v) is 7.66. The molecule has 21 heavy (non-hydrogen) atoms. The molecule has 2 aromatic rings. The molecule has 0 aliphatic heterocycles. The Labute approximate surface area is 135 Å². The van der Waals surface area contributed by atoms with Crippen LogP contribution in [0.25, 0.3) is 0 Å². The SMILES string of the molecule is CC(Cc1ccc(Cl)cc1)NC(C)c1ccc(F)cc1Cl. The lowest BCUT2D eigenvalue weighted by Crippen LogP contribution is -2.30. The van der Waals surface area contributed by atoms with Crippen molar-refractivity contribution >= 4 is 23.2 Å². The van der Waals surface area contributed by atoms with Gasteiger partial charge in [0.2, 0.25) is 0 Å². The smallest absolute Gasteiger partial charge is 0.124 e. The van der Waals surface area contributed by atoms with Crippen molar-refractivity contribution in [2.24, 2.45) is 0 Å². The van der Waals surface area contributed by atoms with Crippen molar-refractivity contribution in [3.63, 3.8) is 0 Å². The minimum absolute atomic E-state index is 0.0559. The maximum absolute atomic E-state index is 13.1. The molecule has 0 saturated heterocycles. The Morgan fingerprint density at radius 3 is 2.33 bits per heavy atom. The normalized spacial score (nSPS) is 14.0. The monoisotopic (exact) mass is 325 g/mol. The largest absolute Gasteiger partial charge is 0.307 e. The third-order valence-corrected chi connectivity index (χ3v) is 4.00. The third kappa shape index (κ3) is 4.70. The van der Waals surface area contributed by atoms with Crippen molar-refractivity contribution in [2.75, 3.05) is 0 Å². The standard InChI is InChI=1S/C17H18Cl2FN/c1-11(9-13-3-5-14(18)6-4-13)21-12(2)16-8-7-15(20)10-17(16)19/h3-8,10-12,21H,9H2,1-2H3. The van der Waals surface area contributed by atoms with E-state index >= 15 is 0 Å². The van der Waals surface area contributed by atoms with E-state index < -0.39 is 0 Å². The maximum atomic E-state index is 13.1. The van der Waals surface area contributed by atoms with E-state index in [2.05, 4.69) is 12.2 Å². The summed E-state index contributed by atoms with van der Waals surface area (Å²) in [7, 11) is 0. The molecule has 112 valence electrons. The minimum Gasteiger partial charge on any atom is -0.307 e. The van der Waals surface area contributed by atoms with Gasteiger partial charge in [0.1, 0.15) is 5.82 Å². The lowest BCUT2D eigenvalue weighted by atomic mass is 10.0. The topological polar surface area (TPSA) is 12.0 Å². The molecule has 2 aromatic carbocycles. The Kier molecular flexibility index (Phi) is 5.63. The van der Waals surface area contributed by atoms with Gasteiger partial charge in [0, 0.05) is 22.1 Å². The van der Waals surface area contributed by atoms with Crippen LogP contribution in [0.15, 0.2) is 42.5 Å². The molecule has 0 fully saturated rings. The van der Waals surface area contributed by atoms with Crippen molar-refractivity contribution in [1.82, 2.24) is 5.32 Å². The van der Waals surface area contributed by atoms with Crippen LogP contribution in [0.3, 0.4) is 0 Å². The highest BCUT2D eigenvalue weighted by atomic mass is 35.5. The fourth-order valence-corrected chi connectivity index (χ4v) is 2.86. The number of nitrogens with one attached hydrogen (secondary N) is 1. The molecule has 0 saturated carbocycles. The summed E-state index contributed by atoms with van der Waals surface area (Å²) in [5, 5.41) is 4.67. The van der Waals surface area contributed by atoms with E-state index in [1.165, 1.54) is 17.7 Å². The molecule has 0 spiro atoms. The third-order valence-electron chi connectivity index (χ3n) is 3.42. The lowest BCUT2D eigenvalue weighted by Gasteiger charge is -2.21. The molecular formula is C17H18Cl2FN. The molecule has 0 aromatic heterocycles. The second-order valence-corrected chi connectivity index (χ2v) is 6.13. The zero-order valence-corrected chi connectivity index (χ0v) is 13.5. The number of halogens is 3. The van der Waals surface area contributed by atoms with Crippen molar-refractivity contribution < 1.29 is 4.39 Å². The molecule has 0 amide bonds. The fraction of sp³-hybridized carbons (Fsp3) is 0.294. The number of hydrogen-bond acceptors (Lipinski definition) is 1. The van der Waals surface area contributed by atoms with Crippen LogP contribution in [0, 0.1) is 5.82 Å². The van der Waals surface area contributed by atoms with Crippen LogP contribution in [0.2, 0.25) is 10.0 Å². The van der Waals surface area contributed by atoms with Gasteiger partial charge in [-0.2, -0.15) is 0 Å². The highest BCUT2D eigenvalue weighted by Crippen LogP contribution is 2.24. The highest BCUT2D eigenvalue weighted by molar-refractivity contribution is 6.31. The molecule has 2 atom stereocenters. The summed E-state index contributed by atoms with van der Waals surface area (Å²) in [6.45, 7) is 4.14. The summed E-state index contributed by atoms with van der Waals surface area (Å²) in [6, 6.07) is 12.7. The van der Waals surface area contributed by atoms with E-state index in [0.29, 0.717) is 5.02 Å². The van der Waals surface area contributed by atoms with Gasteiger partial charge in [0.05, 0.1) is 0 Å². The molecule has 2 unspecified atom stereocenters. The van der Waals surface area contributed by atoms with Crippen LogP contribution in [0.5, 0.6) is 0 Å². The van der Waals surface area contributed by atoms with Gasteiger partial charge in [-0.25, -0.2) is 4.39 Å². The van der Waals surface area contributed by atoms with Crippen LogP contribution in [0.1, 0.15) is 31.0 Å². The Hall–Kier alpha value is -1.09. The van der Waals surface area contributed by atoms with Gasteiger partial charge in [-0.05, 0) is 55.7 Å². The first-order valence-electron chi connectivity index (χ1n) is 6.91. The summed E-state index contributed by atoms with van der Waals surface area (Å²) in [4.78, 5) is 0. The predicted molar refractivity (Wildman–Crippen MR) is 87.6 cm³/mol. The van der Waals surface area contributed by atoms with Crippen molar-refractivity contribution in [2.45, 2.75) is 32.4 Å². The van der Waals surface area contributed by atoms with Crippen LogP contribution < -0.4 is 5.32 Å². The van der Waals surface area contributed by atoms with E-state index in [1.54, 1.807) is 6.07 Å². The first-order chi connectivity index (χ1) is 9.95. The van der Waals surface area contributed by atoms with Gasteiger partial charge in [-0.1, -0.05) is 41.4 Å². The second-order valence-electron chi connectivity index (χ2n) is 5.29. The predicted octanol–water partition coefficient (Wildman–Crippen LogP) is 5.41. The van der Waals surface area contributed by atoms with Gasteiger partial charge in [0.25, 0.3) is 0 Å². The summed E-state index contributed by atoms with van der Waals surface area (Å²) < 4.78 is 13.1. The Bertz CT molecular complexity index is 598. The highest BCUT2D eigenvalue weighted by Gasteiger charge is 2.13. The first kappa shape index (κ1) is 16.3. The molecule has 0 aliphatic carbocycles. The van der Waals surface area contributed by atoms with Crippen LogP contribution >= 0.6 is 23.2 Å². The quantitative estimate of drug-likeness (QED) is 0.774. The Balaban J connectivity index is 1.98. The van der Waals surface area contributed by atoms with Gasteiger partial charge in [-0.15, -0.1) is 0 Å².